The molecule has 27 heavy (non-hydrogen) atoms. The van der Waals surface area contributed by atoms with Crippen molar-refractivity contribution in [3.63, 3.8) is 0 Å². The first-order valence-electron chi connectivity index (χ1n) is 8.90. The first kappa shape index (κ1) is 16.9. The maximum atomic E-state index is 11.0. The van der Waals surface area contributed by atoms with E-state index in [0.717, 1.165) is 38.6 Å². The van der Waals surface area contributed by atoms with Gasteiger partial charge in [-0.25, -0.2) is 4.79 Å². The second kappa shape index (κ2) is 5.88. The number of benzene rings is 1. The molecule has 3 aromatic rings. The van der Waals surface area contributed by atoms with Crippen molar-refractivity contribution in [1.82, 2.24) is 24.9 Å². The number of likely N-dealkylation sites (tertiary alicyclic amines) is 1. The van der Waals surface area contributed by atoms with Gasteiger partial charge in [0.2, 0.25) is 0 Å². The Balaban J connectivity index is 1.41. The van der Waals surface area contributed by atoms with Crippen LogP contribution in [0, 0.1) is 15.9 Å². The fourth-order valence-corrected chi connectivity index (χ4v) is 5.11. The average molecular weight is 475 g/mol. The lowest BCUT2D eigenvalue weighted by atomic mass is 9.61. The minimum absolute atomic E-state index is 0.175. The van der Waals surface area contributed by atoms with Gasteiger partial charge in [-0.2, -0.15) is 15.3 Å². The first-order valence-corrected chi connectivity index (χ1v) is 9.98. The Labute approximate surface area is 169 Å². The van der Waals surface area contributed by atoms with Gasteiger partial charge in [-0.15, -0.1) is 0 Å². The van der Waals surface area contributed by atoms with Crippen LogP contribution in [-0.4, -0.2) is 49.2 Å². The number of fused-ring (bicyclic) bond motifs is 1. The third-order valence-corrected chi connectivity index (χ3v) is 7.16. The molecule has 1 aliphatic carbocycles. The van der Waals surface area contributed by atoms with E-state index in [9.17, 15) is 4.79 Å². The minimum atomic E-state index is -0.808. The van der Waals surface area contributed by atoms with Crippen LogP contribution in [0.15, 0.2) is 30.5 Å². The summed E-state index contributed by atoms with van der Waals surface area (Å²) in [6, 6.07) is 8.45. The van der Waals surface area contributed by atoms with Gasteiger partial charge in [0.05, 0.1) is 21.3 Å². The van der Waals surface area contributed by atoms with E-state index in [2.05, 4.69) is 50.5 Å². The topological polar surface area (TPSA) is 84.1 Å². The molecule has 1 amide bonds. The molecule has 138 valence electrons. The highest BCUT2D eigenvalue weighted by atomic mass is 127. The quantitative estimate of drug-likeness (QED) is 0.572. The van der Waals surface area contributed by atoms with Crippen LogP contribution in [0.3, 0.4) is 0 Å². The lowest BCUT2D eigenvalue weighted by molar-refractivity contribution is -0.0775. The van der Waals surface area contributed by atoms with Crippen molar-refractivity contribution < 1.29 is 9.90 Å². The predicted octanol–water partition coefficient (Wildman–Crippen LogP) is 3.72. The van der Waals surface area contributed by atoms with Gasteiger partial charge in [0.15, 0.2) is 0 Å². The van der Waals surface area contributed by atoms with Crippen molar-refractivity contribution in [2.45, 2.75) is 25.8 Å². The maximum absolute atomic E-state index is 11.0. The monoisotopic (exact) mass is 475 g/mol. The molecule has 8 heteroatoms. The third kappa shape index (κ3) is 2.60. The molecule has 0 atom stereocenters. The van der Waals surface area contributed by atoms with Gasteiger partial charge in [-0.1, -0.05) is 6.07 Å². The van der Waals surface area contributed by atoms with Gasteiger partial charge in [0.25, 0.3) is 0 Å². The zero-order valence-corrected chi connectivity index (χ0v) is 16.9. The molecule has 1 aliphatic heterocycles. The number of amides is 1. The highest BCUT2D eigenvalue weighted by Gasteiger charge is 2.55. The van der Waals surface area contributed by atoms with Crippen molar-refractivity contribution >= 4 is 39.6 Å². The van der Waals surface area contributed by atoms with Gasteiger partial charge in [-0.3, -0.25) is 4.68 Å². The molecule has 1 aromatic carbocycles. The summed E-state index contributed by atoms with van der Waals surface area (Å²) < 4.78 is 3.30. The van der Waals surface area contributed by atoms with Gasteiger partial charge < -0.3 is 10.0 Å². The van der Waals surface area contributed by atoms with Crippen molar-refractivity contribution in [3.05, 3.63) is 39.7 Å². The fraction of sp³-hybridized carbons (Fsp3) is 0.368. The number of carbonyl (C=O) groups is 1. The average Bonchev–Trinajstić information content (AvgIpc) is 2.88. The van der Waals surface area contributed by atoms with Gasteiger partial charge in [0.1, 0.15) is 5.69 Å². The molecule has 2 aliphatic rings. The molecule has 5 rings (SSSR count). The molecule has 2 fully saturated rings. The van der Waals surface area contributed by atoms with Gasteiger partial charge in [-0.05, 0) is 60.6 Å². The molecule has 0 bridgehead atoms. The van der Waals surface area contributed by atoms with Crippen molar-refractivity contribution in [3.8, 4) is 11.3 Å². The highest BCUT2D eigenvalue weighted by Crippen LogP contribution is 2.54. The normalized spacial score (nSPS) is 18.5. The van der Waals surface area contributed by atoms with E-state index in [0.29, 0.717) is 19.1 Å². The van der Waals surface area contributed by atoms with E-state index in [1.54, 1.807) is 6.20 Å². The summed E-state index contributed by atoms with van der Waals surface area (Å²) in [5.74, 6) is 0. The molecule has 3 heterocycles. The van der Waals surface area contributed by atoms with Crippen LogP contribution >= 0.6 is 22.6 Å². The number of aromatic nitrogens is 4. The molecular formula is C19H18IN5O2. The predicted molar refractivity (Wildman–Crippen MR) is 109 cm³/mol. The molecule has 1 saturated carbocycles. The Hall–Kier alpha value is -2.23. The van der Waals surface area contributed by atoms with E-state index in [4.69, 9.17) is 10.2 Å². The molecule has 1 saturated heterocycles. The SMILES string of the molecule is Cc1c(I)c(-c2ccc3nnccc3c2)nn1C1CC2(C1)CN(C(=O)O)C2. The number of carboxylic acid groups (broad SMARTS) is 1. The van der Waals surface area contributed by atoms with E-state index >= 15 is 0 Å². The lowest BCUT2D eigenvalue weighted by Crippen LogP contribution is -2.63. The molecule has 0 radical (unpaired) electrons. The van der Waals surface area contributed by atoms with Crippen molar-refractivity contribution in [2.75, 3.05) is 13.1 Å². The Bertz CT molecular complexity index is 1070. The van der Waals surface area contributed by atoms with E-state index in [1.165, 1.54) is 10.6 Å². The second-order valence-electron chi connectivity index (χ2n) is 7.70. The van der Waals surface area contributed by atoms with Crippen LogP contribution in [0.25, 0.3) is 22.2 Å². The van der Waals surface area contributed by atoms with E-state index < -0.39 is 6.09 Å². The number of halogens is 1. The summed E-state index contributed by atoms with van der Waals surface area (Å²) >= 11 is 2.37. The molecule has 1 N–H and O–H groups in total. The molecule has 2 aromatic heterocycles. The van der Waals surface area contributed by atoms with Crippen LogP contribution in [0.1, 0.15) is 24.6 Å². The van der Waals surface area contributed by atoms with Gasteiger partial charge in [0, 0.05) is 35.1 Å². The number of hydrogen-bond acceptors (Lipinski definition) is 4. The van der Waals surface area contributed by atoms with Gasteiger partial charge >= 0.3 is 6.09 Å². The van der Waals surface area contributed by atoms with Crippen LogP contribution in [0.2, 0.25) is 0 Å². The molecule has 7 nitrogen and oxygen atoms in total. The summed E-state index contributed by atoms with van der Waals surface area (Å²) in [6.45, 7) is 3.43. The lowest BCUT2D eigenvalue weighted by Gasteiger charge is -2.58. The standard InChI is InChI=1S/C19H18IN5O2/c1-11-16(20)17(13-2-3-15-12(6-13)4-5-21-22-15)23-25(11)14-7-19(8-14)9-24(10-19)18(26)27/h2-6,14H,7-10H2,1H3,(H,26,27). The zero-order chi connectivity index (χ0) is 18.8. The molecule has 1 spiro atoms. The summed E-state index contributed by atoms with van der Waals surface area (Å²) in [5, 5.41) is 23.1. The van der Waals surface area contributed by atoms with Crippen LogP contribution in [0.4, 0.5) is 4.79 Å². The smallest absolute Gasteiger partial charge is 0.407 e. The molecule has 0 unspecified atom stereocenters. The maximum Gasteiger partial charge on any atom is 0.407 e. The summed E-state index contributed by atoms with van der Waals surface area (Å²) in [6.07, 6.45) is 2.90. The highest BCUT2D eigenvalue weighted by molar-refractivity contribution is 14.1. The summed E-state index contributed by atoms with van der Waals surface area (Å²) in [7, 11) is 0. The van der Waals surface area contributed by atoms with E-state index in [1.807, 2.05) is 18.2 Å². The summed E-state index contributed by atoms with van der Waals surface area (Å²) in [4.78, 5) is 12.5. The minimum Gasteiger partial charge on any atom is -0.465 e. The second-order valence-corrected chi connectivity index (χ2v) is 8.78. The van der Waals surface area contributed by atoms with Crippen LogP contribution < -0.4 is 0 Å². The number of rotatable bonds is 2. The zero-order valence-electron chi connectivity index (χ0n) is 14.8. The van der Waals surface area contributed by atoms with Crippen LogP contribution in [-0.2, 0) is 0 Å². The number of nitrogens with zero attached hydrogens (tertiary/aromatic N) is 5. The Morgan fingerprint density at radius 2 is 2.07 bits per heavy atom. The third-order valence-electron chi connectivity index (χ3n) is 5.87. The van der Waals surface area contributed by atoms with Crippen LogP contribution in [0.5, 0.6) is 0 Å². The summed E-state index contributed by atoms with van der Waals surface area (Å²) in [5.41, 5.74) is 4.30. The van der Waals surface area contributed by atoms with Crippen molar-refractivity contribution in [1.29, 1.82) is 0 Å². The molecular weight excluding hydrogens is 457 g/mol. The Morgan fingerprint density at radius 3 is 2.81 bits per heavy atom. The largest absolute Gasteiger partial charge is 0.465 e. The number of hydrogen-bond donors (Lipinski definition) is 1. The Kier molecular flexibility index (Phi) is 3.68. The fourth-order valence-electron chi connectivity index (χ4n) is 4.44. The Morgan fingerprint density at radius 1 is 1.30 bits per heavy atom. The van der Waals surface area contributed by atoms with Crippen molar-refractivity contribution in [2.24, 2.45) is 5.41 Å². The van der Waals surface area contributed by atoms with E-state index in [-0.39, 0.29) is 5.41 Å². The first-order chi connectivity index (χ1) is 13.0.